The van der Waals surface area contributed by atoms with Gasteiger partial charge in [-0.3, -0.25) is 9.47 Å². The number of piperidine rings is 1. The van der Waals surface area contributed by atoms with E-state index in [2.05, 4.69) is 17.9 Å². The number of hydrogen-bond donors (Lipinski definition) is 0. The normalized spacial score (nSPS) is 26.1. The van der Waals surface area contributed by atoms with Crippen LogP contribution in [0.15, 0.2) is 27.4 Å². The average Bonchev–Trinajstić information content (AvgIpc) is 3.10. The van der Waals surface area contributed by atoms with Gasteiger partial charge in [-0.2, -0.15) is 5.26 Å². The van der Waals surface area contributed by atoms with Crippen LogP contribution in [0.5, 0.6) is 0 Å². The molecule has 7 nitrogen and oxygen atoms in total. The minimum Gasteiger partial charge on any atom is -0.408 e. The standard InChI is InChI=1S/C23H31N3O4/c1-23(9-5-19(6-10-23)29-14-13-28-2)25-11-7-18(8-12-25)26-20-15-17(16-24)3-4-21(20)30-22(26)27/h3-4,15,18-19H,5-14H2,1-2H3/t19-,23+. The first kappa shape index (κ1) is 21.1. The molecule has 0 N–H and O–H groups in total. The zero-order valence-electron chi connectivity index (χ0n) is 17.9. The smallest absolute Gasteiger partial charge is 0.408 e. The van der Waals surface area contributed by atoms with Gasteiger partial charge in [0.2, 0.25) is 0 Å². The molecule has 0 amide bonds. The van der Waals surface area contributed by atoms with Crippen LogP contribution in [0, 0.1) is 11.3 Å². The van der Waals surface area contributed by atoms with Gasteiger partial charge in [0.15, 0.2) is 5.58 Å². The third-order valence-corrected chi connectivity index (χ3v) is 6.99. The van der Waals surface area contributed by atoms with Crippen LogP contribution in [-0.4, -0.2) is 54.5 Å². The second-order valence-corrected chi connectivity index (χ2v) is 8.81. The highest BCUT2D eigenvalue weighted by atomic mass is 16.5. The van der Waals surface area contributed by atoms with Crippen LogP contribution in [0.25, 0.3) is 11.1 Å². The van der Waals surface area contributed by atoms with E-state index in [9.17, 15) is 10.1 Å². The highest BCUT2D eigenvalue weighted by Crippen LogP contribution is 2.38. The molecule has 2 aliphatic rings. The number of methoxy groups -OCH3 is 1. The van der Waals surface area contributed by atoms with Gasteiger partial charge in [-0.15, -0.1) is 0 Å². The van der Waals surface area contributed by atoms with Gasteiger partial charge in [-0.1, -0.05) is 0 Å². The fourth-order valence-electron chi connectivity index (χ4n) is 5.11. The Balaban J connectivity index is 1.39. The Morgan fingerprint density at radius 2 is 1.93 bits per heavy atom. The van der Waals surface area contributed by atoms with E-state index in [1.165, 1.54) is 0 Å². The Hall–Kier alpha value is -2.14. The van der Waals surface area contributed by atoms with Crippen LogP contribution < -0.4 is 5.76 Å². The molecular weight excluding hydrogens is 382 g/mol. The minimum absolute atomic E-state index is 0.112. The molecule has 0 bridgehead atoms. The molecule has 2 fully saturated rings. The van der Waals surface area contributed by atoms with Crippen molar-refractivity contribution in [2.24, 2.45) is 0 Å². The highest BCUT2D eigenvalue weighted by Gasteiger charge is 2.38. The van der Waals surface area contributed by atoms with Gasteiger partial charge in [-0.05, 0) is 63.6 Å². The van der Waals surface area contributed by atoms with E-state index in [1.807, 2.05) is 0 Å². The quantitative estimate of drug-likeness (QED) is 0.675. The summed E-state index contributed by atoms with van der Waals surface area (Å²) in [7, 11) is 1.70. The zero-order valence-corrected chi connectivity index (χ0v) is 17.9. The molecule has 0 radical (unpaired) electrons. The molecule has 1 saturated heterocycles. The summed E-state index contributed by atoms with van der Waals surface area (Å²) < 4.78 is 18.2. The number of hydrogen-bond acceptors (Lipinski definition) is 6. The van der Waals surface area contributed by atoms with Crippen molar-refractivity contribution in [2.75, 3.05) is 33.4 Å². The van der Waals surface area contributed by atoms with Crippen LogP contribution in [0.1, 0.15) is 57.1 Å². The average molecular weight is 414 g/mol. The molecule has 30 heavy (non-hydrogen) atoms. The van der Waals surface area contributed by atoms with Crippen LogP contribution in [0.4, 0.5) is 0 Å². The molecule has 7 heteroatoms. The molecule has 1 aromatic carbocycles. The van der Waals surface area contributed by atoms with Gasteiger partial charge in [0.05, 0.1) is 36.5 Å². The number of rotatable bonds is 6. The molecule has 2 aromatic rings. The number of aromatic nitrogens is 1. The number of oxazole rings is 1. The summed E-state index contributed by atoms with van der Waals surface area (Å²) in [5, 5.41) is 9.20. The van der Waals surface area contributed by atoms with Gasteiger partial charge >= 0.3 is 5.76 Å². The predicted octanol–water partition coefficient (Wildman–Crippen LogP) is 3.47. The summed E-state index contributed by atoms with van der Waals surface area (Å²) in [6.45, 7) is 5.63. The summed E-state index contributed by atoms with van der Waals surface area (Å²) in [4.78, 5) is 15.1. The van der Waals surface area contributed by atoms with Gasteiger partial charge in [0.25, 0.3) is 0 Å². The molecule has 2 heterocycles. The molecule has 1 aliphatic carbocycles. The van der Waals surface area contributed by atoms with Gasteiger partial charge in [0.1, 0.15) is 0 Å². The van der Waals surface area contributed by atoms with E-state index >= 15 is 0 Å². The second-order valence-electron chi connectivity index (χ2n) is 8.81. The van der Waals surface area contributed by atoms with E-state index in [0.29, 0.717) is 30.5 Å². The van der Waals surface area contributed by atoms with Crippen molar-refractivity contribution < 1.29 is 13.9 Å². The minimum atomic E-state index is -0.321. The van der Waals surface area contributed by atoms with E-state index in [-0.39, 0.29) is 17.3 Å². The predicted molar refractivity (Wildman–Crippen MR) is 114 cm³/mol. The topological polar surface area (TPSA) is 80.6 Å². The van der Waals surface area contributed by atoms with Crippen molar-refractivity contribution in [3.8, 4) is 6.07 Å². The van der Waals surface area contributed by atoms with Crippen molar-refractivity contribution in [3.05, 3.63) is 34.3 Å². The number of nitriles is 1. The molecule has 0 atom stereocenters. The lowest BCUT2D eigenvalue weighted by Crippen LogP contribution is -2.53. The number of benzene rings is 1. The molecule has 1 aromatic heterocycles. The number of ether oxygens (including phenoxy) is 2. The molecule has 0 spiro atoms. The SMILES string of the molecule is COCCO[C@H]1CC[C@@](C)(N2CCC(n3c(=O)oc4ccc(C#N)cc43)CC2)CC1. The molecule has 0 unspecified atom stereocenters. The Labute approximate surface area is 177 Å². The summed E-state index contributed by atoms with van der Waals surface area (Å²) in [5.41, 5.74) is 2.04. The van der Waals surface area contributed by atoms with Gasteiger partial charge < -0.3 is 13.9 Å². The summed E-state index contributed by atoms with van der Waals surface area (Å²) in [6, 6.07) is 7.43. The van der Waals surface area contributed by atoms with Crippen LogP contribution in [-0.2, 0) is 9.47 Å². The number of nitrogens with zero attached hydrogens (tertiary/aromatic N) is 3. The monoisotopic (exact) mass is 413 g/mol. The van der Waals surface area contributed by atoms with E-state index in [4.69, 9.17) is 13.9 Å². The second kappa shape index (κ2) is 8.93. The Kier molecular flexibility index (Phi) is 6.28. The Morgan fingerprint density at radius 1 is 1.20 bits per heavy atom. The third-order valence-electron chi connectivity index (χ3n) is 6.99. The maximum Gasteiger partial charge on any atom is 0.420 e. The largest absolute Gasteiger partial charge is 0.420 e. The van der Waals surface area contributed by atoms with Crippen LogP contribution >= 0.6 is 0 Å². The van der Waals surface area contributed by atoms with Crippen molar-refractivity contribution in [1.29, 1.82) is 5.26 Å². The molecule has 1 aliphatic heterocycles. The Bertz CT molecular complexity index is 957. The van der Waals surface area contributed by atoms with E-state index in [0.717, 1.165) is 57.1 Å². The molecule has 4 rings (SSSR count). The lowest BCUT2D eigenvalue weighted by atomic mass is 9.79. The van der Waals surface area contributed by atoms with Crippen LogP contribution in [0.3, 0.4) is 0 Å². The first-order valence-electron chi connectivity index (χ1n) is 10.9. The van der Waals surface area contributed by atoms with Crippen LogP contribution in [0.2, 0.25) is 0 Å². The van der Waals surface area contributed by atoms with Crippen molar-refractivity contribution in [2.45, 2.75) is 63.1 Å². The fraction of sp³-hybridized carbons (Fsp3) is 0.652. The lowest BCUT2D eigenvalue weighted by Gasteiger charge is -2.48. The molecular formula is C23H31N3O4. The summed E-state index contributed by atoms with van der Waals surface area (Å²) >= 11 is 0. The molecule has 1 saturated carbocycles. The maximum absolute atomic E-state index is 12.5. The van der Waals surface area contributed by atoms with E-state index in [1.54, 1.807) is 29.9 Å². The van der Waals surface area contributed by atoms with Gasteiger partial charge in [0, 0.05) is 31.8 Å². The van der Waals surface area contributed by atoms with Crippen molar-refractivity contribution in [1.82, 2.24) is 9.47 Å². The summed E-state index contributed by atoms with van der Waals surface area (Å²) in [6.07, 6.45) is 6.61. The third kappa shape index (κ3) is 4.18. The highest BCUT2D eigenvalue weighted by molar-refractivity contribution is 5.75. The molecule has 162 valence electrons. The number of likely N-dealkylation sites (tertiary alicyclic amines) is 1. The van der Waals surface area contributed by atoms with Crippen molar-refractivity contribution >= 4 is 11.1 Å². The summed E-state index contributed by atoms with van der Waals surface area (Å²) in [5.74, 6) is -0.321. The first-order chi connectivity index (χ1) is 14.5. The lowest BCUT2D eigenvalue weighted by molar-refractivity contribution is -0.0419. The van der Waals surface area contributed by atoms with E-state index < -0.39 is 0 Å². The van der Waals surface area contributed by atoms with Gasteiger partial charge in [-0.25, -0.2) is 4.79 Å². The Morgan fingerprint density at radius 3 is 2.60 bits per heavy atom. The maximum atomic E-state index is 12.5. The first-order valence-corrected chi connectivity index (χ1v) is 10.9. The van der Waals surface area contributed by atoms with Crippen molar-refractivity contribution in [3.63, 3.8) is 0 Å². The number of fused-ring (bicyclic) bond motifs is 1. The zero-order chi connectivity index (χ0) is 21.1. The fourth-order valence-corrected chi connectivity index (χ4v) is 5.11.